The van der Waals surface area contributed by atoms with Crippen LogP contribution in [0.15, 0.2) is 30.3 Å². The molecule has 2 aromatic carbocycles. The highest BCUT2D eigenvalue weighted by molar-refractivity contribution is 6.42. The first-order valence-electron chi connectivity index (χ1n) is 4.06. The molecule has 0 atom stereocenters. The molecule has 0 fully saturated rings. The van der Waals surface area contributed by atoms with E-state index in [9.17, 15) is 4.79 Å². The Kier molecular flexibility index (Phi) is 2.44. The molecule has 2 aromatic rings. The summed E-state index contributed by atoms with van der Waals surface area (Å²) in [6.45, 7) is 0. The number of rotatable bonds is 1. The van der Waals surface area contributed by atoms with Gasteiger partial charge in [0.1, 0.15) is 0 Å². The lowest BCUT2D eigenvalue weighted by atomic mass is 10.1. The molecule has 0 unspecified atom stereocenters. The van der Waals surface area contributed by atoms with E-state index in [4.69, 9.17) is 23.2 Å². The molecule has 0 heterocycles. The Balaban J connectivity index is 2.98. The lowest BCUT2D eigenvalue weighted by Crippen LogP contribution is -1.84. The highest BCUT2D eigenvalue weighted by Gasteiger charge is 2.06. The van der Waals surface area contributed by atoms with E-state index in [1.807, 2.05) is 6.07 Å². The molecule has 0 saturated carbocycles. The van der Waals surface area contributed by atoms with Crippen molar-refractivity contribution in [1.29, 1.82) is 0 Å². The van der Waals surface area contributed by atoms with Crippen LogP contribution in [0.5, 0.6) is 0 Å². The van der Waals surface area contributed by atoms with Gasteiger partial charge in [-0.05, 0) is 23.6 Å². The number of hydrogen-bond acceptors (Lipinski definition) is 1. The summed E-state index contributed by atoms with van der Waals surface area (Å²) in [5.41, 5.74) is 0.604. The number of fused-ring (bicyclic) bond motifs is 1. The summed E-state index contributed by atoms with van der Waals surface area (Å²) in [4.78, 5) is 10.8. The highest BCUT2D eigenvalue weighted by atomic mass is 35.5. The fraction of sp³-hybridized carbons (Fsp3) is 0. The second-order valence-corrected chi connectivity index (χ2v) is 3.73. The van der Waals surface area contributed by atoms with Gasteiger partial charge in [-0.25, -0.2) is 0 Å². The van der Waals surface area contributed by atoms with Crippen LogP contribution >= 0.6 is 23.2 Å². The molecule has 70 valence electrons. The zero-order valence-corrected chi connectivity index (χ0v) is 8.64. The molecule has 0 spiro atoms. The topological polar surface area (TPSA) is 17.1 Å². The van der Waals surface area contributed by atoms with Crippen molar-refractivity contribution in [1.82, 2.24) is 0 Å². The third-order valence-electron chi connectivity index (χ3n) is 2.10. The summed E-state index contributed by atoms with van der Waals surface area (Å²) in [6.07, 6.45) is 0.801. The SMILES string of the molecule is O=Cc1ccc(Cl)c2c(Cl)cccc12. The molecule has 14 heavy (non-hydrogen) atoms. The Labute approximate surface area is 91.2 Å². The van der Waals surface area contributed by atoms with Crippen LogP contribution in [0, 0.1) is 0 Å². The largest absolute Gasteiger partial charge is 0.298 e. The molecule has 0 amide bonds. The number of carbonyl (C=O) groups is 1. The predicted octanol–water partition coefficient (Wildman–Crippen LogP) is 3.96. The summed E-state index contributed by atoms with van der Waals surface area (Å²) < 4.78 is 0. The van der Waals surface area contributed by atoms with Gasteiger partial charge in [0.2, 0.25) is 0 Å². The first-order valence-corrected chi connectivity index (χ1v) is 4.81. The van der Waals surface area contributed by atoms with Crippen molar-refractivity contribution in [3.63, 3.8) is 0 Å². The van der Waals surface area contributed by atoms with Crippen molar-refractivity contribution >= 4 is 40.3 Å². The maximum Gasteiger partial charge on any atom is 0.150 e. The molecule has 0 aromatic heterocycles. The summed E-state index contributed by atoms with van der Waals surface area (Å²) in [7, 11) is 0. The van der Waals surface area contributed by atoms with Crippen LogP contribution in [-0.4, -0.2) is 6.29 Å². The van der Waals surface area contributed by atoms with Crippen molar-refractivity contribution in [3.8, 4) is 0 Å². The van der Waals surface area contributed by atoms with Crippen molar-refractivity contribution in [2.75, 3.05) is 0 Å². The van der Waals surface area contributed by atoms with Gasteiger partial charge in [0.05, 0.1) is 0 Å². The second-order valence-electron chi connectivity index (χ2n) is 2.92. The first kappa shape index (κ1) is 9.50. The molecular weight excluding hydrogens is 219 g/mol. The average Bonchev–Trinajstić information content (AvgIpc) is 2.18. The molecule has 1 nitrogen and oxygen atoms in total. The fourth-order valence-electron chi connectivity index (χ4n) is 1.45. The molecule has 0 bridgehead atoms. The standard InChI is InChI=1S/C11H6Cl2O/c12-9-3-1-2-8-7(6-14)4-5-10(13)11(8)9/h1-6H. The summed E-state index contributed by atoms with van der Waals surface area (Å²) in [5, 5.41) is 2.66. The minimum atomic E-state index is 0.566. The number of hydrogen-bond donors (Lipinski definition) is 0. The van der Waals surface area contributed by atoms with Gasteiger partial charge < -0.3 is 0 Å². The van der Waals surface area contributed by atoms with Gasteiger partial charge in [0.25, 0.3) is 0 Å². The van der Waals surface area contributed by atoms with Crippen molar-refractivity contribution < 1.29 is 4.79 Å². The van der Waals surface area contributed by atoms with Crippen LogP contribution < -0.4 is 0 Å². The van der Waals surface area contributed by atoms with Gasteiger partial charge in [-0.3, -0.25) is 4.79 Å². The van der Waals surface area contributed by atoms with Gasteiger partial charge in [-0.15, -0.1) is 0 Å². The molecule has 0 radical (unpaired) electrons. The van der Waals surface area contributed by atoms with Crippen molar-refractivity contribution in [3.05, 3.63) is 45.9 Å². The maximum atomic E-state index is 10.8. The molecule has 0 saturated heterocycles. The number of aldehydes is 1. The molecular formula is C11H6Cl2O. The van der Waals surface area contributed by atoms with E-state index in [2.05, 4.69) is 0 Å². The zero-order chi connectivity index (χ0) is 10.1. The Hall–Kier alpha value is -1.05. The number of halogens is 2. The summed E-state index contributed by atoms with van der Waals surface area (Å²) in [5.74, 6) is 0. The van der Waals surface area contributed by atoms with E-state index in [1.165, 1.54) is 0 Å². The summed E-state index contributed by atoms with van der Waals surface area (Å²) >= 11 is 12.0. The maximum absolute atomic E-state index is 10.8. The molecule has 2 rings (SSSR count). The van der Waals surface area contributed by atoms with Crippen LogP contribution in [-0.2, 0) is 0 Å². The molecule has 0 aliphatic carbocycles. The third kappa shape index (κ3) is 1.39. The number of carbonyl (C=O) groups excluding carboxylic acids is 1. The van der Waals surface area contributed by atoms with Gasteiger partial charge in [-0.1, -0.05) is 35.3 Å². The molecule has 0 aliphatic heterocycles. The highest BCUT2D eigenvalue weighted by Crippen LogP contribution is 2.31. The van der Waals surface area contributed by atoms with Crippen LogP contribution in [0.4, 0.5) is 0 Å². The Morgan fingerprint density at radius 1 is 1.00 bits per heavy atom. The second kappa shape index (κ2) is 3.60. The van der Waals surface area contributed by atoms with Crippen LogP contribution in [0.25, 0.3) is 10.8 Å². The Bertz CT molecular complexity index is 498. The molecule has 0 N–H and O–H groups in total. The van der Waals surface area contributed by atoms with E-state index in [1.54, 1.807) is 24.3 Å². The van der Waals surface area contributed by atoms with Crippen molar-refractivity contribution in [2.45, 2.75) is 0 Å². The molecule has 3 heteroatoms. The minimum Gasteiger partial charge on any atom is -0.298 e. The minimum absolute atomic E-state index is 0.566. The summed E-state index contributed by atoms with van der Waals surface area (Å²) in [6, 6.07) is 8.75. The quantitative estimate of drug-likeness (QED) is 0.671. The lowest BCUT2D eigenvalue weighted by molar-refractivity contribution is 0.112. The van der Waals surface area contributed by atoms with Crippen LogP contribution in [0.2, 0.25) is 10.0 Å². The van der Waals surface area contributed by atoms with E-state index >= 15 is 0 Å². The zero-order valence-electron chi connectivity index (χ0n) is 7.13. The predicted molar refractivity (Wildman–Crippen MR) is 59.4 cm³/mol. The van der Waals surface area contributed by atoms with E-state index < -0.39 is 0 Å². The third-order valence-corrected chi connectivity index (χ3v) is 2.73. The smallest absolute Gasteiger partial charge is 0.150 e. The Morgan fingerprint density at radius 3 is 2.43 bits per heavy atom. The average molecular weight is 225 g/mol. The molecule has 0 aliphatic rings. The van der Waals surface area contributed by atoms with Crippen LogP contribution in [0.3, 0.4) is 0 Å². The van der Waals surface area contributed by atoms with Gasteiger partial charge in [-0.2, -0.15) is 0 Å². The van der Waals surface area contributed by atoms with Gasteiger partial charge in [0, 0.05) is 21.0 Å². The lowest BCUT2D eigenvalue weighted by Gasteiger charge is -2.04. The van der Waals surface area contributed by atoms with E-state index in [0.29, 0.717) is 15.6 Å². The van der Waals surface area contributed by atoms with Crippen LogP contribution in [0.1, 0.15) is 10.4 Å². The van der Waals surface area contributed by atoms with E-state index in [0.717, 1.165) is 17.1 Å². The Morgan fingerprint density at radius 2 is 1.71 bits per heavy atom. The number of benzene rings is 2. The van der Waals surface area contributed by atoms with Crippen molar-refractivity contribution in [2.24, 2.45) is 0 Å². The first-order chi connectivity index (χ1) is 6.74. The monoisotopic (exact) mass is 224 g/mol. The van der Waals surface area contributed by atoms with E-state index in [-0.39, 0.29) is 0 Å². The normalized spacial score (nSPS) is 10.4. The fourth-order valence-corrected chi connectivity index (χ4v) is 2.04. The van der Waals surface area contributed by atoms with Gasteiger partial charge >= 0.3 is 0 Å². The van der Waals surface area contributed by atoms with Gasteiger partial charge in [0.15, 0.2) is 6.29 Å².